The van der Waals surface area contributed by atoms with Crippen LogP contribution in [0.4, 0.5) is 0 Å². The second-order valence-corrected chi connectivity index (χ2v) is 6.76. The molecule has 0 aromatic heterocycles. The predicted octanol–water partition coefficient (Wildman–Crippen LogP) is 4.63. The summed E-state index contributed by atoms with van der Waals surface area (Å²) in [5.41, 5.74) is 2.27. The van der Waals surface area contributed by atoms with Gasteiger partial charge in [0.15, 0.2) is 23.7 Å². The quantitative estimate of drug-likeness (QED) is 0.574. The first kappa shape index (κ1) is 18.5. The standard InChI is InChI=1S/C24H24O4/c1-3-9-19(10-4-1)15-25-17-23-24(18-26-16-20-11-5-2-6-12-20)28-22-14-8-7-13-21(22)27-23/h1-14,23-24H,15-18H2/t23-,24-/m1/s1. The molecule has 0 unspecified atom stereocenters. The fraction of sp³-hybridized carbons (Fsp3) is 0.250. The lowest BCUT2D eigenvalue weighted by Crippen LogP contribution is -2.45. The van der Waals surface area contributed by atoms with Gasteiger partial charge in [-0.15, -0.1) is 0 Å². The average Bonchev–Trinajstić information content (AvgIpc) is 2.75. The van der Waals surface area contributed by atoms with E-state index in [1.807, 2.05) is 84.9 Å². The fourth-order valence-corrected chi connectivity index (χ4v) is 3.14. The van der Waals surface area contributed by atoms with Crippen LogP contribution in [-0.4, -0.2) is 25.4 Å². The van der Waals surface area contributed by atoms with Gasteiger partial charge in [-0.2, -0.15) is 0 Å². The van der Waals surface area contributed by atoms with E-state index in [-0.39, 0.29) is 12.2 Å². The van der Waals surface area contributed by atoms with Gasteiger partial charge < -0.3 is 18.9 Å². The van der Waals surface area contributed by atoms with Crippen molar-refractivity contribution in [3.8, 4) is 11.5 Å². The minimum Gasteiger partial charge on any atom is -0.480 e. The maximum absolute atomic E-state index is 6.16. The Morgan fingerprint density at radius 2 is 0.929 bits per heavy atom. The second-order valence-electron chi connectivity index (χ2n) is 6.76. The summed E-state index contributed by atoms with van der Waals surface area (Å²) in [6.07, 6.45) is -0.455. The van der Waals surface area contributed by atoms with Crippen molar-refractivity contribution < 1.29 is 18.9 Å². The molecule has 1 aliphatic heterocycles. The number of benzene rings is 3. The summed E-state index contributed by atoms with van der Waals surface area (Å²) in [6, 6.07) is 27.9. The molecule has 0 fully saturated rings. The molecule has 0 amide bonds. The van der Waals surface area contributed by atoms with Crippen molar-refractivity contribution in [3.05, 3.63) is 96.1 Å². The van der Waals surface area contributed by atoms with E-state index < -0.39 is 0 Å². The molecule has 144 valence electrons. The molecule has 4 heteroatoms. The van der Waals surface area contributed by atoms with E-state index in [0.717, 1.165) is 22.6 Å². The number of fused-ring (bicyclic) bond motifs is 1. The summed E-state index contributed by atoms with van der Waals surface area (Å²) in [5.74, 6) is 1.49. The number of hydrogen-bond acceptors (Lipinski definition) is 4. The Morgan fingerprint density at radius 3 is 1.36 bits per heavy atom. The van der Waals surface area contributed by atoms with Gasteiger partial charge in [0, 0.05) is 0 Å². The van der Waals surface area contributed by atoms with Crippen LogP contribution in [-0.2, 0) is 22.7 Å². The topological polar surface area (TPSA) is 36.9 Å². The van der Waals surface area contributed by atoms with Crippen LogP contribution >= 0.6 is 0 Å². The third kappa shape index (κ3) is 4.91. The molecule has 0 aliphatic carbocycles. The monoisotopic (exact) mass is 376 g/mol. The highest BCUT2D eigenvalue weighted by Crippen LogP contribution is 2.33. The Balaban J connectivity index is 1.36. The molecule has 1 heterocycles. The van der Waals surface area contributed by atoms with Crippen LogP contribution in [0.25, 0.3) is 0 Å². The molecule has 0 saturated heterocycles. The molecule has 0 radical (unpaired) electrons. The van der Waals surface area contributed by atoms with E-state index in [9.17, 15) is 0 Å². The molecule has 0 bridgehead atoms. The van der Waals surface area contributed by atoms with Crippen LogP contribution in [0.2, 0.25) is 0 Å². The second kappa shape index (κ2) is 9.40. The van der Waals surface area contributed by atoms with Crippen molar-refractivity contribution >= 4 is 0 Å². The lowest BCUT2D eigenvalue weighted by atomic mass is 10.1. The van der Waals surface area contributed by atoms with Crippen LogP contribution < -0.4 is 9.47 Å². The zero-order chi connectivity index (χ0) is 19.0. The highest BCUT2D eigenvalue weighted by Gasteiger charge is 2.32. The molecule has 3 aromatic carbocycles. The minimum atomic E-state index is -0.227. The Labute approximate surface area is 165 Å². The van der Waals surface area contributed by atoms with E-state index in [1.54, 1.807) is 0 Å². The Kier molecular flexibility index (Phi) is 6.22. The van der Waals surface area contributed by atoms with Crippen LogP contribution in [0.15, 0.2) is 84.9 Å². The van der Waals surface area contributed by atoms with Gasteiger partial charge in [0.05, 0.1) is 26.4 Å². The van der Waals surface area contributed by atoms with Gasteiger partial charge in [-0.3, -0.25) is 0 Å². The summed E-state index contributed by atoms with van der Waals surface area (Å²) in [6.45, 7) is 1.95. The zero-order valence-corrected chi connectivity index (χ0v) is 15.7. The average molecular weight is 376 g/mol. The van der Waals surface area contributed by atoms with Crippen LogP contribution in [0.1, 0.15) is 11.1 Å². The molecule has 0 spiro atoms. The molecular formula is C24H24O4. The van der Waals surface area contributed by atoms with Crippen molar-refractivity contribution in [1.82, 2.24) is 0 Å². The lowest BCUT2D eigenvalue weighted by Gasteiger charge is -2.33. The van der Waals surface area contributed by atoms with E-state index in [2.05, 4.69) is 0 Å². The van der Waals surface area contributed by atoms with Crippen LogP contribution in [0.3, 0.4) is 0 Å². The van der Waals surface area contributed by atoms with Gasteiger partial charge in [-0.1, -0.05) is 72.8 Å². The third-order valence-electron chi connectivity index (χ3n) is 4.61. The summed E-state index contributed by atoms with van der Waals surface area (Å²) < 4.78 is 24.1. The summed E-state index contributed by atoms with van der Waals surface area (Å²) in [4.78, 5) is 0. The first-order valence-electron chi connectivity index (χ1n) is 9.54. The number of hydrogen-bond donors (Lipinski definition) is 0. The Morgan fingerprint density at radius 1 is 0.536 bits per heavy atom. The largest absolute Gasteiger partial charge is 0.480 e. The normalized spacial score (nSPS) is 18.0. The van der Waals surface area contributed by atoms with E-state index in [1.165, 1.54) is 0 Å². The SMILES string of the molecule is c1ccc(COC[C@H]2Oc3ccccc3O[C@@H]2COCc2ccccc2)cc1. The maximum atomic E-state index is 6.16. The van der Waals surface area contributed by atoms with Crippen molar-refractivity contribution in [2.24, 2.45) is 0 Å². The van der Waals surface area contributed by atoms with Gasteiger partial charge >= 0.3 is 0 Å². The first-order chi connectivity index (χ1) is 13.9. The van der Waals surface area contributed by atoms with Gasteiger partial charge in [-0.05, 0) is 23.3 Å². The summed E-state index contributed by atoms with van der Waals surface area (Å²) >= 11 is 0. The van der Waals surface area contributed by atoms with Crippen molar-refractivity contribution in [3.63, 3.8) is 0 Å². The van der Waals surface area contributed by atoms with Gasteiger partial charge in [-0.25, -0.2) is 0 Å². The molecule has 2 atom stereocenters. The first-order valence-corrected chi connectivity index (χ1v) is 9.54. The summed E-state index contributed by atoms with van der Waals surface area (Å²) in [5, 5.41) is 0. The molecule has 4 rings (SSSR count). The molecule has 4 nitrogen and oxygen atoms in total. The van der Waals surface area contributed by atoms with Crippen LogP contribution in [0.5, 0.6) is 11.5 Å². The Bertz CT molecular complexity index is 778. The van der Waals surface area contributed by atoms with Crippen molar-refractivity contribution in [2.75, 3.05) is 13.2 Å². The van der Waals surface area contributed by atoms with Crippen molar-refractivity contribution in [1.29, 1.82) is 0 Å². The van der Waals surface area contributed by atoms with Gasteiger partial charge in [0.2, 0.25) is 0 Å². The highest BCUT2D eigenvalue weighted by atomic mass is 16.6. The number of rotatable bonds is 8. The van der Waals surface area contributed by atoms with Crippen molar-refractivity contribution in [2.45, 2.75) is 25.4 Å². The highest BCUT2D eigenvalue weighted by molar-refractivity contribution is 5.41. The number of para-hydroxylation sites is 2. The molecule has 0 saturated carbocycles. The minimum absolute atomic E-state index is 0.227. The fourth-order valence-electron chi connectivity index (χ4n) is 3.14. The Hall–Kier alpha value is -2.82. The molecule has 1 aliphatic rings. The molecule has 0 N–H and O–H groups in total. The van der Waals surface area contributed by atoms with Gasteiger partial charge in [0.1, 0.15) is 0 Å². The smallest absolute Gasteiger partial charge is 0.161 e. The van der Waals surface area contributed by atoms with Crippen LogP contribution in [0, 0.1) is 0 Å². The number of ether oxygens (including phenoxy) is 4. The lowest BCUT2D eigenvalue weighted by molar-refractivity contribution is -0.0714. The zero-order valence-electron chi connectivity index (χ0n) is 15.7. The summed E-state index contributed by atoms with van der Waals surface area (Å²) in [7, 11) is 0. The molecular weight excluding hydrogens is 352 g/mol. The predicted molar refractivity (Wildman–Crippen MR) is 107 cm³/mol. The molecule has 28 heavy (non-hydrogen) atoms. The molecule has 3 aromatic rings. The van der Waals surface area contributed by atoms with E-state index in [4.69, 9.17) is 18.9 Å². The third-order valence-corrected chi connectivity index (χ3v) is 4.61. The van der Waals surface area contributed by atoms with E-state index >= 15 is 0 Å². The van der Waals surface area contributed by atoms with E-state index in [0.29, 0.717) is 26.4 Å². The van der Waals surface area contributed by atoms with Gasteiger partial charge in [0.25, 0.3) is 0 Å². The maximum Gasteiger partial charge on any atom is 0.161 e.